The molecule has 10 nitrogen and oxygen atoms in total. The highest BCUT2D eigenvalue weighted by Gasteiger charge is 2.25. The van der Waals surface area contributed by atoms with Crippen molar-refractivity contribution < 1.29 is 29.1 Å². The molecule has 0 unspecified atom stereocenters. The highest BCUT2D eigenvalue weighted by Crippen LogP contribution is 2.39. The number of ether oxygens (including phenoxy) is 2. The van der Waals surface area contributed by atoms with Gasteiger partial charge in [0.15, 0.2) is 11.9 Å². The second-order valence-corrected chi connectivity index (χ2v) is 5.43. The zero-order valence-electron chi connectivity index (χ0n) is 15.0. The van der Waals surface area contributed by atoms with Crippen LogP contribution in [0.1, 0.15) is 24.2 Å². The molecule has 2 aromatic rings. The molecule has 0 bridgehead atoms. The molecule has 2 rings (SSSR count). The van der Waals surface area contributed by atoms with Gasteiger partial charge in [0.25, 0.3) is 5.91 Å². The minimum absolute atomic E-state index is 0.00717. The molecule has 0 aliphatic rings. The normalized spacial score (nSPS) is 11.7. The third-order valence-electron chi connectivity index (χ3n) is 3.51. The van der Waals surface area contributed by atoms with Crippen molar-refractivity contribution in [3.05, 3.63) is 63.7 Å². The van der Waals surface area contributed by atoms with Gasteiger partial charge in [0, 0.05) is 6.92 Å². The number of nitrogens with one attached hydrogen (secondary N) is 1. The first kappa shape index (κ1) is 20.5. The Morgan fingerprint density at radius 2 is 1.93 bits per heavy atom. The van der Waals surface area contributed by atoms with Gasteiger partial charge in [-0.05, 0) is 17.7 Å². The van der Waals surface area contributed by atoms with E-state index in [1.165, 1.54) is 19.2 Å². The van der Waals surface area contributed by atoms with Gasteiger partial charge in [0.2, 0.25) is 5.75 Å². The van der Waals surface area contributed by atoms with Crippen LogP contribution in [0.5, 0.6) is 11.5 Å². The summed E-state index contributed by atoms with van der Waals surface area (Å²) in [6, 6.07) is 10.8. The number of carbonyl (C=O) groups is 2. The lowest BCUT2D eigenvalue weighted by atomic mass is 10.1. The molecular formula is C18H17N3O7. The lowest BCUT2D eigenvalue weighted by Gasteiger charge is -2.10. The molecule has 0 saturated heterocycles. The summed E-state index contributed by atoms with van der Waals surface area (Å²) in [6.45, 7) is 1.15. The maximum atomic E-state index is 12.0. The molecule has 10 heteroatoms. The molecule has 0 heterocycles. The molecule has 0 radical (unpaired) electrons. The Hall–Kier alpha value is -3.79. The van der Waals surface area contributed by atoms with E-state index in [0.29, 0.717) is 5.56 Å². The maximum Gasteiger partial charge on any atom is 0.323 e. The van der Waals surface area contributed by atoms with E-state index in [1.54, 1.807) is 30.3 Å². The smallest absolute Gasteiger partial charge is 0.323 e. The molecule has 0 spiro atoms. The van der Waals surface area contributed by atoms with Crippen LogP contribution in [0.3, 0.4) is 0 Å². The zero-order valence-corrected chi connectivity index (χ0v) is 15.0. The van der Waals surface area contributed by atoms with Crippen molar-refractivity contribution in [2.45, 2.75) is 13.0 Å². The van der Waals surface area contributed by atoms with Crippen molar-refractivity contribution in [3.63, 3.8) is 0 Å². The van der Waals surface area contributed by atoms with E-state index in [0.717, 1.165) is 13.1 Å². The fraction of sp³-hybridized carbons (Fsp3) is 0.167. The number of rotatable bonds is 7. The number of amides is 1. The first-order chi connectivity index (χ1) is 13.3. The van der Waals surface area contributed by atoms with Gasteiger partial charge >= 0.3 is 11.7 Å². The summed E-state index contributed by atoms with van der Waals surface area (Å²) < 4.78 is 9.88. The zero-order chi connectivity index (χ0) is 20.7. The number of hydrogen-bond acceptors (Lipinski definition) is 8. The number of benzene rings is 2. The van der Waals surface area contributed by atoms with Crippen LogP contribution in [0.15, 0.2) is 47.6 Å². The van der Waals surface area contributed by atoms with Gasteiger partial charge in [-0.3, -0.25) is 19.7 Å². The summed E-state index contributed by atoms with van der Waals surface area (Å²) in [5, 5.41) is 25.0. The summed E-state index contributed by atoms with van der Waals surface area (Å²) in [6.07, 6.45) is -0.428. The second-order valence-electron chi connectivity index (χ2n) is 5.43. The molecule has 146 valence electrons. The van der Waals surface area contributed by atoms with Crippen molar-refractivity contribution >= 4 is 23.8 Å². The molecule has 0 fully saturated rings. The van der Waals surface area contributed by atoms with Gasteiger partial charge in [-0.2, -0.15) is 5.10 Å². The third kappa shape index (κ3) is 4.89. The number of hydrogen-bond donors (Lipinski definition) is 2. The number of nitro groups is 1. The highest BCUT2D eigenvalue weighted by atomic mass is 16.6. The van der Waals surface area contributed by atoms with Gasteiger partial charge in [-0.15, -0.1) is 0 Å². The Balaban J connectivity index is 2.24. The van der Waals surface area contributed by atoms with E-state index in [9.17, 15) is 24.8 Å². The van der Waals surface area contributed by atoms with E-state index >= 15 is 0 Å². The Kier molecular flexibility index (Phi) is 6.77. The fourth-order valence-electron chi connectivity index (χ4n) is 2.31. The standard InChI is InChI=1S/C18H17N3O7/c1-11(22)28-14-9-8-13(15(21(25)26)17(14)27-2)10-19-20-18(24)16(23)12-6-4-3-5-7-12/h3-10,16,23H,1-2H3,(H,20,24)/b19-10-/t16-/m0/s1. The average molecular weight is 387 g/mol. The minimum atomic E-state index is -1.45. The summed E-state index contributed by atoms with van der Waals surface area (Å²) >= 11 is 0. The molecule has 0 aliphatic carbocycles. The first-order valence-corrected chi connectivity index (χ1v) is 7.95. The Morgan fingerprint density at radius 1 is 1.25 bits per heavy atom. The van der Waals surface area contributed by atoms with E-state index in [1.807, 2.05) is 0 Å². The number of aliphatic hydroxyl groups excluding tert-OH is 1. The number of nitrogens with zero attached hydrogens (tertiary/aromatic N) is 2. The van der Waals surface area contributed by atoms with Crippen LogP contribution in [-0.4, -0.2) is 35.2 Å². The minimum Gasteiger partial charge on any atom is -0.488 e. The SMILES string of the molecule is COc1c(OC(C)=O)ccc(/C=N\NC(=O)[C@@H](O)c2ccccc2)c1[N+](=O)[O-]. The quantitative estimate of drug-likeness (QED) is 0.242. The predicted octanol–water partition coefficient (Wildman–Crippen LogP) is 1.71. The molecule has 0 saturated carbocycles. The molecule has 1 amide bonds. The molecule has 2 aromatic carbocycles. The topological polar surface area (TPSA) is 140 Å². The lowest BCUT2D eigenvalue weighted by Crippen LogP contribution is -2.25. The van der Waals surface area contributed by atoms with Gasteiger partial charge in [-0.1, -0.05) is 30.3 Å². The van der Waals surface area contributed by atoms with Crippen LogP contribution in [0, 0.1) is 10.1 Å². The number of carbonyl (C=O) groups excluding carboxylic acids is 2. The number of methoxy groups -OCH3 is 1. The number of hydrazone groups is 1. The monoisotopic (exact) mass is 387 g/mol. The molecule has 0 aliphatic heterocycles. The van der Waals surface area contributed by atoms with Crippen molar-refractivity contribution in [2.75, 3.05) is 7.11 Å². The highest BCUT2D eigenvalue weighted by molar-refractivity contribution is 5.90. The van der Waals surface area contributed by atoms with Gasteiger partial charge in [0.05, 0.1) is 23.8 Å². The van der Waals surface area contributed by atoms with Crippen LogP contribution < -0.4 is 14.9 Å². The van der Waals surface area contributed by atoms with Gasteiger partial charge < -0.3 is 14.6 Å². The van der Waals surface area contributed by atoms with Crippen molar-refractivity contribution in [1.29, 1.82) is 0 Å². The van der Waals surface area contributed by atoms with Crippen LogP contribution >= 0.6 is 0 Å². The number of esters is 1. The van der Waals surface area contributed by atoms with E-state index in [2.05, 4.69) is 10.5 Å². The van der Waals surface area contributed by atoms with Crippen molar-refractivity contribution in [1.82, 2.24) is 5.43 Å². The van der Waals surface area contributed by atoms with E-state index in [4.69, 9.17) is 9.47 Å². The average Bonchev–Trinajstić information content (AvgIpc) is 2.67. The van der Waals surface area contributed by atoms with Crippen LogP contribution in [0.2, 0.25) is 0 Å². The molecule has 0 aromatic heterocycles. The summed E-state index contributed by atoms with van der Waals surface area (Å²) in [7, 11) is 1.19. The number of nitro benzene ring substituents is 1. The van der Waals surface area contributed by atoms with E-state index < -0.39 is 28.6 Å². The predicted molar refractivity (Wildman–Crippen MR) is 98.1 cm³/mol. The number of aliphatic hydroxyl groups is 1. The van der Waals surface area contributed by atoms with Crippen molar-refractivity contribution in [3.8, 4) is 11.5 Å². The van der Waals surface area contributed by atoms with Crippen LogP contribution in [0.4, 0.5) is 5.69 Å². The Bertz CT molecular complexity index is 913. The summed E-state index contributed by atoms with van der Waals surface area (Å²) in [4.78, 5) is 33.8. The lowest BCUT2D eigenvalue weighted by molar-refractivity contribution is -0.385. The van der Waals surface area contributed by atoms with Crippen LogP contribution in [-0.2, 0) is 9.59 Å². The molecule has 2 N–H and O–H groups in total. The summed E-state index contributed by atoms with van der Waals surface area (Å²) in [5.41, 5.74) is 1.98. The molecule has 1 atom stereocenters. The van der Waals surface area contributed by atoms with Gasteiger partial charge in [-0.25, -0.2) is 5.43 Å². The Labute approximate surface area is 159 Å². The largest absolute Gasteiger partial charge is 0.488 e. The third-order valence-corrected chi connectivity index (χ3v) is 3.51. The Morgan fingerprint density at radius 3 is 2.50 bits per heavy atom. The van der Waals surface area contributed by atoms with Gasteiger partial charge in [0.1, 0.15) is 0 Å². The fourth-order valence-corrected chi connectivity index (χ4v) is 2.31. The maximum absolute atomic E-state index is 12.0. The molecular weight excluding hydrogens is 370 g/mol. The summed E-state index contributed by atoms with van der Waals surface area (Å²) in [5.74, 6) is -1.87. The van der Waals surface area contributed by atoms with Crippen LogP contribution in [0.25, 0.3) is 0 Å². The first-order valence-electron chi connectivity index (χ1n) is 7.95. The molecule has 28 heavy (non-hydrogen) atoms. The van der Waals surface area contributed by atoms with Crippen molar-refractivity contribution in [2.24, 2.45) is 5.10 Å². The second kappa shape index (κ2) is 9.24. The van der Waals surface area contributed by atoms with E-state index in [-0.39, 0.29) is 17.1 Å².